The molecule has 1 fully saturated rings. The number of pyridine rings is 1. The molecule has 0 radical (unpaired) electrons. The molecule has 174 valence electrons. The second-order valence-electron chi connectivity index (χ2n) is 8.28. The molecule has 5 rings (SSSR count). The van der Waals surface area contributed by atoms with Gasteiger partial charge in [-0.3, -0.25) is 14.3 Å². The summed E-state index contributed by atoms with van der Waals surface area (Å²) in [5.74, 6) is -0.566. The van der Waals surface area contributed by atoms with Crippen molar-refractivity contribution in [3.05, 3.63) is 64.7 Å². The number of aromatic nitrogens is 3. The Morgan fingerprint density at radius 2 is 2.03 bits per heavy atom. The predicted molar refractivity (Wildman–Crippen MR) is 132 cm³/mol. The van der Waals surface area contributed by atoms with Gasteiger partial charge >= 0.3 is 0 Å². The number of aryl methyl sites for hydroxylation is 2. The van der Waals surface area contributed by atoms with Gasteiger partial charge in [-0.1, -0.05) is 18.2 Å². The van der Waals surface area contributed by atoms with Gasteiger partial charge in [-0.15, -0.1) is 11.3 Å². The Kier molecular flexibility index (Phi) is 6.12. The summed E-state index contributed by atoms with van der Waals surface area (Å²) < 4.78 is 7.28. The Balaban J connectivity index is 1.46. The van der Waals surface area contributed by atoms with Gasteiger partial charge in [-0.05, 0) is 49.4 Å². The maximum Gasteiger partial charge on any atom is 0.256 e. The Hall–Kier alpha value is -3.56. The third-order valence-electron chi connectivity index (χ3n) is 5.92. The van der Waals surface area contributed by atoms with Gasteiger partial charge in [0.05, 0.1) is 44.6 Å². The summed E-state index contributed by atoms with van der Waals surface area (Å²) in [4.78, 5) is 32.1. The number of anilines is 1. The minimum atomic E-state index is -0.319. The highest BCUT2D eigenvalue weighted by Gasteiger charge is 2.22. The maximum atomic E-state index is 13.5. The number of rotatable bonds is 6. The fraction of sp³-hybridized carbons (Fsp3) is 0.280. The number of fused-ring (bicyclic) bond motifs is 1. The third kappa shape index (κ3) is 4.32. The molecule has 9 heteroatoms. The van der Waals surface area contributed by atoms with Gasteiger partial charge in [0.2, 0.25) is 0 Å². The van der Waals surface area contributed by atoms with Crippen molar-refractivity contribution in [2.24, 2.45) is 7.05 Å². The van der Waals surface area contributed by atoms with Crippen LogP contribution in [0.15, 0.2) is 47.8 Å². The molecular formula is C25H25N5O3S. The monoisotopic (exact) mass is 475 g/mol. The summed E-state index contributed by atoms with van der Waals surface area (Å²) in [5.41, 5.74) is 3.38. The van der Waals surface area contributed by atoms with Gasteiger partial charge in [0.1, 0.15) is 0 Å². The minimum absolute atomic E-state index is 0.0417. The first-order valence-electron chi connectivity index (χ1n) is 11.2. The molecule has 1 aliphatic rings. The molecule has 1 atom stereocenters. The molecule has 1 aliphatic heterocycles. The molecule has 0 bridgehead atoms. The lowest BCUT2D eigenvalue weighted by Crippen LogP contribution is -2.32. The summed E-state index contributed by atoms with van der Waals surface area (Å²) in [6, 6.07) is 12.7. The van der Waals surface area contributed by atoms with E-state index in [-0.39, 0.29) is 17.9 Å². The van der Waals surface area contributed by atoms with Gasteiger partial charge in [0, 0.05) is 20.2 Å². The van der Waals surface area contributed by atoms with Gasteiger partial charge in [-0.25, -0.2) is 4.98 Å². The number of amides is 2. The second kappa shape index (κ2) is 9.36. The summed E-state index contributed by atoms with van der Waals surface area (Å²) in [5, 5.41) is 13.0. The first-order valence-corrected chi connectivity index (χ1v) is 12.1. The number of para-hydroxylation sites is 1. The molecule has 1 saturated heterocycles. The molecule has 34 heavy (non-hydrogen) atoms. The molecule has 2 N–H and O–H groups in total. The summed E-state index contributed by atoms with van der Waals surface area (Å²) in [6.07, 6.45) is 1.99. The number of benzene rings is 1. The number of hydrogen-bond donors (Lipinski definition) is 2. The number of carbonyl (C=O) groups excluding carboxylic acids is 2. The topological polar surface area (TPSA) is 98.1 Å². The average molecular weight is 476 g/mol. The van der Waals surface area contributed by atoms with Crippen molar-refractivity contribution in [3.8, 4) is 10.6 Å². The molecule has 0 aliphatic carbocycles. The highest BCUT2D eigenvalue weighted by molar-refractivity contribution is 7.13. The zero-order valence-electron chi connectivity index (χ0n) is 19.0. The molecule has 2 amide bonds. The van der Waals surface area contributed by atoms with Crippen LogP contribution in [-0.4, -0.2) is 45.8 Å². The van der Waals surface area contributed by atoms with E-state index in [1.54, 1.807) is 46.4 Å². The molecule has 4 heterocycles. The van der Waals surface area contributed by atoms with Crippen LogP contribution in [0.3, 0.4) is 0 Å². The molecule has 0 saturated carbocycles. The fourth-order valence-electron chi connectivity index (χ4n) is 4.26. The minimum Gasteiger partial charge on any atom is -0.376 e. The van der Waals surface area contributed by atoms with E-state index in [1.165, 1.54) is 0 Å². The largest absolute Gasteiger partial charge is 0.376 e. The van der Waals surface area contributed by atoms with E-state index < -0.39 is 0 Å². The van der Waals surface area contributed by atoms with Crippen LogP contribution in [0.5, 0.6) is 0 Å². The molecule has 0 spiro atoms. The zero-order chi connectivity index (χ0) is 23.7. The van der Waals surface area contributed by atoms with Gasteiger partial charge in [0.25, 0.3) is 11.8 Å². The van der Waals surface area contributed by atoms with E-state index in [0.29, 0.717) is 40.1 Å². The third-order valence-corrected chi connectivity index (χ3v) is 6.81. The van der Waals surface area contributed by atoms with Crippen molar-refractivity contribution in [3.63, 3.8) is 0 Å². The SMILES string of the molecule is Cc1nn(C)c2nc(-c3cccs3)cc(C(=O)Nc3ccccc3C(=O)NC[C@@H]3CCCO3)c12. The Labute approximate surface area is 201 Å². The highest BCUT2D eigenvalue weighted by atomic mass is 32.1. The number of carbonyl (C=O) groups is 2. The van der Waals surface area contributed by atoms with Crippen molar-refractivity contribution in [1.82, 2.24) is 20.1 Å². The van der Waals surface area contributed by atoms with E-state index in [2.05, 4.69) is 15.7 Å². The van der Waals surface area contributed by atoms with Crippen LogP contribution >= 0.6 is 11.3 Å². The Morgan fingerprint density at radius 1 is 1.18 bits per heavy atom. The van der Waals surface area contributed by atoms with E-state index in [9.17, 15) is 9.59 Å². The normalized spacial score (nSPS) is 15.5. The van der Waals surface area contributed by atoms with E-state index in [0.717, 1.165) is 30.0 Å². The Bertz CT molecular complexity index is 1360. The van der Waals surface area contributed by atoms with Crippen LogP contribution in [-0.2, 0) is 11.8 Å². The van der Waals surface area contributed by atoms with Crippen molar-refractivity contribution >= 4 is 39.9 Å². The summed E-state index contributed by atoms with van der Waals surface area (Å²) in [6.45, 7) is 3.04. The van der Waals surface area contributed by atoms with Crippen molar-refractivity contribution < 1.29 is 14.3 Å². The predicted octanol–water partition coefficient (Wildman–Crippen LogP) is 4.17. The van der Waals surface area contributed by atoms with Crippen LogP contribution < -0.4 is 10.6 Å². The molecule has 3 aromatic heterocycles. The summed E-state index contributed by atoms with van der Waals surface area (Å²) in [7, 11) is 1.82. The van der Waals surface area contributed by atoms with Crippen molar-refractivity contribution in [1.29, 1.82) is 0 Å². The highest BCUT2D eigenvalue weighted by Crippen LogP contribution is 2.30. The number of thiophene rings is 1. The first kappa shape index (κ1) is 22.2. The van der Waals surface area contributed by atoms with Crippen LogP contribution in [0.1, 0.15) is 39.3 Å². The lowest BCUT2D eigenvalue weighted by atomic mass is 10.1. The average Bonchev–Trinajstić information content (AvgIpc) is 3.60. The second-order valence-corrected chi connectivity index (χ2v) is 9.23. The van der Waals surface area contributed by atoms with Crippen molar-refractivity contribution in [2.75, 3.05) is 18.5 Å². The zero-order valence-corrected chi connectivity index (χ0v) is 19.8. The molecule has 1 aromatic carbocycles. The molecule has 0 unspecified atom stereocenters. The number of ether oxygens (including phenoxy) is 1. The van der Waals surface area contributed by atoms with Gasteiger partial charge in [0.15, 0.2) is 5.65 Å². The molecular weight excluding hydrogens is 450 g/mol. The van der Waals surface area contributed by atoms with Crippen LogP contribution in [0, 0.1) is 6.92 Å². The smallest absolute Gasteiger partial charge is 0.256 e. The Morgan fingerprint density at radius 3 is 2.79 bits per heavy atom. The van der Waals surface area contributed by atoms with Crippen LogP contribution in [0.2, 0.25) is 0 Å². The van der Waals surface area contributed by atoms with E-state index >= 15 is 0 Å². The lowest BCUT2D eigenvalue weighted by molar-refractivity contribution is 0.0858. The first-order chi connectivity index (χ1) is 16.5. The quantitative estimate of drug-likeness (QED) is 0.436. The van der Waals surface area contributed by atoms with E-state index in [4.69, 9.17) is 9.72 Å². The fourth-order valence-corrected chi connectivity index (χ4v) is 4.95. The molecule has 8 nitrogen and oxygen atoms in total. The van der Waals surface area contributed by atoms with Crippen molar-refractivity contribution in [2.45, 2.75) is 25.9 Å². The number of hydrogen-bond acceptors (Lipinski definition) is 6. The van der Waals surface area contributed by atoms with Gasteiger partial charge < -0.3 is 15.4 Å². The standard InChI is InChI=1S/C25H25N5O3S/c1-15-22-18(13-20(21-10-6-12-34-21)27-23(22)30(2)29-15)25(32)28-19-9-4-3-8-17(19)24(31)26-14-16-7-5-11-33-16/h3-4,6,8-10,12-13,16H,5,7,11,14H2,1-2H3,(H,26,31)(H,28,32)/t16-/m0/s1. The van der Waals surface area contributed by atoms with E-state index in [1.807, 2.05) is 31.5 Å². The van der Waals surface area contributed by atoms with Gasteiger partial charge in [-0.2, -0.15) is 5.10 Å². The summed E-state index contributed by atoms with van der Waals surface area (Å²) >= 11 is 1.56. The maximum absolute atomic E-state index is 13.5. The number of nitrogens with zero attached hydrogens (tertiary/aromatic N) is 3. The number of nitrogens with one attached hydrogen (secondary N) is 2. The van der Waals surface area contributed by atoms with Crippen LogP contribution in [0.25, 0.3) is 21.6 Å². The molecule has 4 aromatic rings. The lowest BCUT2D eigenvalue weighted by Gasteiger charge is -2.14. The van der Waals surface area contributed by atoms with Crippen LogP contribution in [0.4, 0.5) is 5.69 Å².